The zero-order valence-corrected chi connectivity index (χ0v) is 21.3. The lowest BCUT2D eigenvalue weighted by Crippen LogP contribution is -2.52. The maximum Gasteiger partial charge on any atom is 0.408 e. The number of hydrogen-bond acceptors (Lipinski definition) is 7. The molecule has 0 aliphatic carbocycles. The number of nitrogens with two attached hydrogens (primary N) is 1. The van der Waals surface area contributed by atoms with Gasteiger partial charge in [-0.3, -0.25) is 19.2 Å². The lowest BCUT2D eigenvalue weighted by atomic mass is 10.0. The van der Waals surface area contributed by atoms with E-state index in [1.165, 1.54) is 7.05 Å². The van der Waals surface area contributed by atoms with E-state index in [-0.39, 0.29) is 19.6 Å². The molecule has 196 valence electrons. The number of primary amides is 1. The van der Waals surface area contributed by atoms with Crippen LogP contribution in [0.4, 0.5) is 4.79 Å². The number of carbonyl (C=O) groups excluding carboxylic acids is 5. The average Bonchev–Trinajstić information content (AvgIpc) is 2.77. The second kappa shape index (κ2) is 13.7. The van der Waals surface area contributed by atoms with Gasteiger partial charge in [0.25, 0.3) is 0 Å². The van der Waals surface area contributed by atoms with Gasteiger partial charge in [-0.05, 0) is 45.4 Å². The Morgan fingerprint density at radius 1 is 1.14 bits per heavy atom. The van der Waals surface area contributed by atoms with Crippen LogP contribution in [0.1, 0.15) is 57.7 Å². The highest BCUT2D eigenvalue weighted by Gasteiger charge is 2.34. The molecule has 0 aromatic heterocycles. The molecule has 0 bridgehead atoms. The Morgan fingerprint density at radius 3 is 2.25 bits per heavy atom. The van der Waals surface area contributed by atoms with Crippen molar-refractivity contribution in [1.29, 1.82) is 0 Å². The molecule has 36 heavy (non-hydrogen) atoms. The zero-order valence-electron chi connectivity index (χ0n) is 21.3. The van der Waals surface area contributed by atoms with Crippen LogP contribution in [0.3, 0.4) is 0 Å². The summed E-state index contributed by atoms with van der Waals surface area (Å²) in [5, 5.41) is 4.96. The molecule has 4 N–H and O–H groups in total. The van der Waals surface area contributed by atoms with E-state index in [4.69, 9.17) is 21.6 Å². The Balaban J connectivity index is 3.21. The SMILES string of the molecule is C#Cc1ccc(C(C(=O)NCCC(=O)OCC)N(C)C(=O)C(CC(N)=O)NC(=O)OC(C)(C)C)cc1. The van der Waals surface area contributed by atoms with Crippen LogP contribution < -0.4 is 16.4 Å². The van der Waals surface area contributed by atoms with E-state index >= 15 is 0 Å². The number of amides is 4. The van der Waals surface area contributed by atoms with Crippen molar-refractivity contribution in [3.63, 3.8) is 0 Å². The molecule has 1 aromatic rings. The van der Waals surface area contributed by atoms with Gasteiger partial charge in [0, 0.05) is 19.2 Å². The van der Waals surface area contributed by atoms with Gasteiger partial charge in [-0.15, -0.1) is 6.42 Å². The van der Waals surface area contributed by atoms with E-state index in [0.29, 0.717) is 11.1 Å². The summed E-state index contributed by atoms with van der Waals surface area (Å²) in [4.78, 5) is 63.1. The molecule has 11 nitrogen and oxygen atoms in total. The zero-order chi connectivity index (χ0) is 27.5. The fourth-order valence-electron chi connectivity index (χ4n) is 3.15. The topological polar surface area (TPSA) is 157 Å². The van der Waals surface area contributed by atoms with E-state index in [0.717, 1.165) is 4.90 Å². The van der Waals surface area contributed by atoms with Gasteiger partial charge in [0.05, 0.1) is 19.4 Å². The van der Waals surface area contributed by atoms with Gasteiger partial charge in [0.15, 0.2) is 0 Å². The van der Waals surface area contributed by atoms with Gasteiger partial charge >= 0.3 is 12.1 Å². The van der Waals surface area contributed by atoms with Crippen LogP contribution in [0.2, 0.25) is 0 Å². The van der Waals surface area contributed by atoms with Gasteiger partial charge in [0.2, 0.25) is 17.7 Å². The number of rotatable bonds is 11. The molecule has 0 saturated carbocycles. The van der Waals surface area contributed by atoms with Gasteiger partial charge < -0.3 is 30.7 Å². The van der Waals surface area contributed by atoms with Crippen molar-refractivity contribution in [2.45, 2.75) is 58.2 Å². The molecule has 2 unspecified atom stereocenters. The quantitative estimate of drug-likeness (QED) is 0.301. The first-order valence-corrected chi connectivity index (χ1v) is 11.3. The number of ether oxygens (including phenoxy) is 2. The van der Waals surface area contributed by atoms with Crippen molar-refractivity contribution in [3.05, 3.63) is 35.4 Å². The molecule has 0 radical (unpaired) electrons. The van der Waals surface area contributed by atoms with Gasteiger partial charge in [-0.1, -0.05) is 18.1 Å². The average molecular weight is 503 g/mol. The maximum atomic E-state index is 13.4. The third kappa shape index (κ3) is 10.0. The van der Waals surface area contributed by atoms with Gasteiger partial charge in [-0.25, -0.2) is 4.79 Å². The van der Waals surface area contributed by atoms with E-state index in [1.54, 1.807) is 52.0 Å². The van der Waals surface area contributed by atoms with Crippen LogP contribution >= 0.6 is 0 Å². The molecule has 0 aliphatic rings. The maximum absolute atomic E-state index is 13.4. The summed E-state index contributed by atoms with van der Waals surface area (Å²) in [6.07, 6.45) is 3.90. The van der Waals surface area contributed by atoms with Crippen LogP contribution in [0.25, 0.3) is 0 Å². The summed E-state index contributed by atoms with van der Waals surface area (Å²) in [6.45, 7) is 6.76. The predicted molar refractivity (Wildman–Crippen MR) is 131 cm³/mol. The summed E-state index contributed by atoms with van der Waals surface area (Å²) >= 11 is 0. The Bertz CT molecular complexity index is 993. The minimum atomic E-state index is -1.39. The largest absolute Gasteiger partial charge is 0.466 e. The molecule has 0 heterocycles. The molecule has 1 rings (SSSR count). The van der Waals surface area contributed by atoms with E-state index < -0.39 is 53.9 Å². The van der Waals surface area contributed by atoms with Crippen molar-refractivity contribution in [2.24, 2.45) is 5.73 Å². The molecule has 0 aliphatic heterocycles. The van der Waals surface area contributed by atoms with Crippen LogP contribution in [0, 0.1) is 12.3 Å². The lowest BCUT2D eigenvalue weighted by molar-refractivity contribution is -0.143. The van der Waals surface area contributed by atoms with Crippen LogP contribution in [-0.4, -0.2) is 66.5 Å². The monoisotopic (exact) mass is 502 g/mol. The third-order valence-corrected chi connectivity index (χ3v) is 4.70. The first kappa shape index (κ1) is 30.0. The number of terminal acetylenes is 1. The van der Waals surface area contributed by atoms with E-state index in [9.17, 15) is 24.0 Å². The van der Waals surface area contributed by atoms with E-state index in [2.05, 4.69) is 16.6 Å². The molecule has 11 heteroatoms. The second-order valence-electron chi connectivity index (χ2n) is 8.83. The second-order valence-corrected chi connectivity index (χ2v) is 8.83. The number of benzene rings is 1. The number of alkyl carbamates (subject to hydrolysis) is 1. The summed E-state index contributed by atoms with van der Waals surface area (Å²) in [5.41, 5.74) is 5.41. The highest BCUT2D eigenvalue weighted by molar-refractivity contribution is 5.94. The highest BCUT2D eigenvalue weighted by Crippen LogP contribution is 2.22. The minimum absolute atomic E-state index is 0.0283. The normalized spacial score (nSPS) is 12.3. The fourth-order valence-corrected chi connectivity index (χ4v) is 3.15. The first-order chi connectivity index (χ1) is 16.8. The van der Waals surface area contributed by atoms with Crippen molar-refractivity contribution in [3.8, 4) is 12.3 Å². The number of hydrogen-bond donors (Lipinski definition) is 3. The Kier molecular flexibility index (Phi) is 11.4. The summed E-state index contributed by atoms with van der Waals surface area (Å²) < 4.78 is 10.0. The highest BCUT2D eigenvalue weighted by atomic mass is 16.6. The Labute approximate surface area is 211 Å². The van der Waals surface area contributed by atoms with Crippen LogP contribution in [0.15, 0.2) is 24.3 Å². The van der Waals surface area contributed by atoms with E-state index in [1.807, 2.05) is 0 Å². The lowest BCUT2D eigenvalue weighted by Gasteiger charge is -2.31. The van der Waals surface area contributed by atoms with Gasteiger partial charge in [-0.2, -0.15) is 0 Å². The summed E-state index contributed by atoms with van der Waals surface area (Å²) in [7, 11) is 1.35. The van der Waals surface area contributed by atoms with Crippen LogP contribution in [-0.2, 0) is 28.7 Å². The van der Waals surface area contributed by atoms with Crippen molar-refractivity contribution in [2.75, 3.05) is 20.2 Å². The Hall–Kier alpha value is -4.07. The molecule has 1 aromatic carbocycles. The summed E-state index contributed by atoms with van der Waals surface area (Å²) in [5.74, 6) is -0.216. The molecule has 4 amide bonds. The fraction of sp³-hybridized carbons (Fsp3) is 0.480. The summed E-state index contributed by atoms with van der Waals surface area (Å²) in [6, 6.07) is 3.81. The number of esters is 1. The van der Waals surface area contributed by atoms with Crippen molar-refractivity contribution in [1.82, 2.24) is 15.5 Å². The molecule has 2 atom stereocenters. The van der Waals surface area contributed by atoms with Crippen molar-refractivity contribution >= 4 is 29.8 Å². The van der Waals surface area contributed by atoms with Crippen molar-refractivity contribution < 1.29 is 33.4 Å². The smallest absolute Gasteiger partial charge is 0.408 e. The minimum Gasteiger partial charge on any atom is -0.466 e. The predicted octanol–water partition coefficient (Wildman–Crippen LogP) is 1.01. The first-order valence-electron chi connectivity index (χ1n) is 11.3. The number of carbonyl (C=O) groups is 5. The van der Waals surface area contributed by atoms with Crippen LogP contribution in [0.5, 0.6) is 0 Å². The standard InChI is InChI=1S/C25H34N4O7/c1-7-16-9-11-17(12-10-16)21(22(32)27-14-13-20(31)35-8-2)29(6)23(33)18(15-19(26)30)28-24(34)36-25(3,4)5/h1,9-12,18,21H,8,13-15H2,2-6H3,(H2,26,30)(H,27,32)(H,28,34). The molecular formula is C25H34N4O7. The number of likely N-dealkylation sites (N-methyl/N-ethyl adjacent to an activating group) is 1. The Morgan fingerprint density at radius 2 is 1.75 bits per heavy atom. The number of nitrogens with one attached hydrogen (secondary N) is 2. The molecule has 0 saturated heterocycles. The molecule has 0 fully saturated rings. The molecular weight excluding hydrogens is 468 g/mol. The third-order valence-electron chi connectivity index (χ3n) is 4.70. The molecule has 0 spiro atoms. The van der Waals surface area contributed by atoms with Gasteiger partial charge in [0.1, 0.15) is 17.7 Å². The number of nitrogens with zero attached hydrogens (tertiary/aromatic N) is 1.